The quantitative estimate of drug-likeness (QED) is 0.454. The normalized spacial score (nSPS) is 10.9. The number of hydrogen-bond donors (Lipinski definition) is 1. The zero-order valence-corrected chi connectivity index (χ0v) is 15.5. The van der Waals surface area contributed by atoms with Crippen LogP contribution in [0.2, 0.25) is 0 Å². The molecule has 1 N–H and O–H groups in total. The predicted octanol–water partition coefficient (Wildman–Crippen LogP) is 5.71. The number of aryl methyl sites for hydroxylation is 1. The summed E-state index contributed by atoms with van der Waals surface area (Å²) in [5, 5.41) is 4.08. The lowest BCUT2D eigenvalue weighted by molar-refractivity contribution is 0.101. The summed E-state index contributed by atoms with van der Waals surface area (Å²) in [5.74, 6) is -0.524. The van der Waals surface area contributed by atoms with Crippen LogP contribution in [0.1, 0.15) is 15.9 Å². The number of fused-ring (bicyclic) bond motifs is 1. The van der Waals surface area contributed by atoms with Crippen LogP contribution in [0.15, 0.2) is 66.7 Å². The Kier molecular flexibility index (Phi) is 4.69. The van der Waals surface area contributed by atoms with E-state index in [0.29, 0.717) is 11.1 Å². The van der Waals surface area contributed by atoms with E-state index in [1.807, 2.05) is 48.5 Å². The highest BCUT2D eigenvalue weighted by Gasteiger charge is 2.12. The maximum absolute atomic E-state index is 13.7. The van der Waals surface area contributed by atoms with Crippen molar-refractivity contribution in [3.8, 4) is 10.6 Å². The van der Waals surface area contributed by atoms with Gasteiger partial charge in [-0.1, -0.05) is 36.4 Å². The lowest BCUT2D eigenvalue weighted by atomic mass is 10.1. The van der Waals surface area contributed by atoms with E-state index < -0.39 is 0 Å². The fraction of sp³-hybridized carbons (Fsp3) is 0.0909. The molecule has 0 fully saturated rings. The molecule has 0 saturated heterocycles. The summed E-state index contributed by atoms with van der Waals surface area (Å²) in [4.78, 5) is 17.1. The number of nitrogens with one attached hydrogen (secondary N) is 1. The van der Waals surface area contributed by atoms with Crippen molar-refractivity contribution in [2.45, 2.75) is 6.92 Å². The monoisotopic (exact) mass is 376 g/mol. The third kappa shape index (κ3) is 3.59. The molecule has 0 atom stereocenters. The average molecular weight is 376 g/mol. The Morgan fingerprint density at radius 3 is 2.67 bits per heavy atom. The second kappa shape index (κ2) is 7.29. The number of nitrogens with zero attached hydrogens (tertiary/aromatic N) is 1. The van der Waals surface area contributed by atoms with Crippen LogP contribution in [0.25, 0.3) is 20.8 Å². The maximum Gasteiger partial charge on any atom is 0.181 e. The number of hydrogen-bond acceptors (Lipinski definition) is 4. The summed E-state index contributed by atoms with van der Waals surface area (Å²) < 4.78 is 14.8. The van der Waals surface area contributed by atoms with Crippen molar-refractivity contribution in [1.29, 1.82) is 0 Å². The van der Waals surface area contributed by atoms with Gasteiger partial charge in [0, 0.05) is 16.8 Å². The molecule has 5 heteroatoms. The predicted molar refractivity (Wildman–Crippen MR) is 109 cm³/mol. The van der Waals surface area contributed by atoms with E-state index in [4.69, 9.17) is 4.98 Å². The van der Waals surface area contributed by atoms with Crippen LogP contribution in [0, 0.1) is 12.7 Å². The van der Waals surface area contributed by atoms with Gasteiger partial charge in [0.2, 0.25) is 0 Å². The number of benzene rings is 3. The molecule has 3 aromatic carbocycles. The van der Waals surface area contributed by atoms with Crippen LogP contribution in [-0.4, -0.2) is 17.3 Å². The zero-order valence-electron chi connectivity index (χ0n) is 14.7. The van der Waals surface area contributed by atoms with Crippen molar-refractivity contribution >= 4 is 33.0 Å². The van der Waals surface area contributed by atoms with Gasteiger partial charge in [-0.3, -0.25) is 4.79 Å². The van der Waals surface area contributed by atoms with Crippen LogP contribution in [-0.2, 0) is 0 Å². The van der Waals surface area contributed by atoms with Gasteiger partial charge >= 0.3 is 0 Å². The first-order valence-corrected chi connectivity index (χ1v) is 9.41. The minimum absolute atomic E-state index is 0.0877. The van der Waals surface area contributed by atoms with Crippen LogP contribution < -0.4 is 5.32 Å². The zero-order chi connectivity index (χ0) is 18.8. The van der Waals surface area contributed by atoms with E-state index >= 15 is 0 Å². The standard InChI is InChI=1S/C22H17FN2OS/c1-14-10-11-15(12-17(14)23)20(26)13-24-18-7-3-2-6-16(18)22-25-19-8-4-5-9-21(19)27-22/h2-12,24H,13H2,1H3. The molecular weight excluding hydrogens is 359 g/mol. The van der Waals surface area contributed by atoms with Crippen molar-refractivity contribution < 1.29 is 9.18 Å². The van der Waals surface area contributed by atoms with Gasteiger partial charge in [-0.15, -0.1) is 11.3 Å². The number of halogens is 1. The Hall–Kier alpha value is -3.05. The van der Waals surface area contributed by atoms with Crippen molar-refractivity contribution in [2.75, 3.05) is 11.9 Å². The number of carbonyl (C=O) groups is 1. The Labute approximate surface area is 160 Å². The van der Waals surface area contributed by atoms with E-state index in [2.05, 4.69) is 5.32 Å². The molecule has 0 amide bonds. The van der Waals surface area contributed by atoms with Gasteiger partial charge in [-0.05, 0) is 42.8 Å². The summed E-state index contributed by atoms with van der Waals surface area (Å²) in [6.07, 6.45) is 0. The number of para-hydroxylation sites is 2. The number of rotatable bonds is 5. The molecule has 1 heterocycles. The number of ketones is 1. The van der Waals surface area contributed by atoms with E-state index in [-0.39, 0.29) is 18.1 Å². The van der Waals surface area contributed by atoms with Crippen molar-refractivity contribution in [3.63, 3.8) is 0 Å². The molecule has 0 bridgehead atoms. The minimum atomic E-state index is -0.365. The number of anilines is 1. The van der Waals surface area contributed by atoms with Gasteiger partial charge in [0.05, 0.1) is 16.8 Å². The molecule has 4 aromatic rings. The second-order valence-electron chi connectivity index (χ2n) is 6.27. The Bertz CT molecular complexity index is 1100. The first-order valence-electron chi connectivity index (χ1n) is 8.60. The van der Waals surface area contributed by atoms with Gasteiger partial charge in [0.25, 0.3) is 0 Å². The van der Waals surface area contributed by atoms with Crippen molar-refractivity contribution in [1.82, 2.24) is 4.98 Å². The summed E-state index contributed by atoms with van der Waals surface area (Å²) in [7, 11) is 0. The van der Waals surface area contributed by atoms with Gasteiger partial charge in [-0.2, -0.15) is 0 Å². The van der Waals surface area contributed by atoms with Crippen molar-refractivity contribution in [2.24, 2.45) is 0 Å². The molecule has 0 saturated carbocycles. The third-order valence-electron chi connectivity index (χ3n) is 4.38. The highest BCUT2D eigenvalue weighted by Crippen LogP contribution is 2.34. The van der Waals surface area contributed by atoms with E-state index in [0.717, 1.165) is 26.5 Å². The average Bonchev–Trinajstić information content (AvgIpc) is 3.12. The molecule has 3 nitrogen and oxygen atoms in total. The number of Topliss-reactive ketones (excluding diaryl/α,β-unsaturated/α-hetero) is 1. The highest BCUT2D eigenvalue weighted by atomic mass is 32.1. The molecule has 0 unspecified atom stereocenters. The Balaban J connectivity index is 1.58. The molecule has 4 rings (SSSR count). The molecule has 0 aliphatic heterocycles. The van der Waals surface area contributed by atoms with E-state index in [1.54, 1.807) is 30.4 Å². The largest absolute Gasteiger partial charge is 0.377 e. The Morgan fingerprint density at radius 1 is 1.07 bits per heavy atom. The summed E-state index contributed by atoms with van der Waals surface area (Å²) in [5.41, 5.74) is 3.63. The Morgan fingerprint density at radius 2 is 1.85 bits per heavy atom. The fourth-order valence-electron chi connectivity index (χ4n) is 2.86. The van der Waals surface area contributed by atoms with Gasteiger partial charge in [0.15, 0.2) is 5.78 Å². The van der Waals surface area contributed by atoms with Crippen LogP contribution in [0.5, 0.6) is 0 Å². The lowest BCUT2D eigenvalue weighted by Gasteiger charge is -2.10. The molecule has 134 valence electrons. The SMILES string of the molecule is Cc1ccc(C(=O)CNc2ccccc2-c2nc3ccccc3s2)cc1F. The number of aromatic nitrogens is 1. The molecule has 0 aliphatic carbocycles. The van der Waals surface area contributed by atoms with E-state index in [9.17, 15) is 9.18 Å². The summed E-state index contributed by atoms with van der Waals surface area (Å²) >= 11 is 1.61. The number of thiazole rings is 1. The highest BCUT2D eigenvalue weighted by molar-refractivity contribution is 7.21. The van der Waals surface area contributed by atoms with Gasteiger partial charge in [0.1, 0.15) is 10.8 Å². The van der Waals surface area contributed by atoms with Crippen LogP contribution in [0.3, 0.4) is 0 Å². The van der Waals surface area contributed by atoms with Gasteiger partial charge < -0.3 is 5.32 Å². The topological polar surface area (TPSA) is 42.0 Å². The lowest BCUT2D eigenvalue weighted by Crippen LogP contribution is -2.14. The van der Waals surface area contributed by atoms with Crippen LogP contribution >= 0.6 is 11.3 Å². The smallest absolute Gasteiger partial charge is 0.181 e. The van der Waals surface area contributed by atoms with Crippen molar-refractivity contribution in [3.05, 3.63) is 83.7 Å². The van der Waals surface area contributed by atoms with Crippen LogP contribution in [0.4, 0.5) is 10.1 Å². The fourth-order valence-corrected chi connectivity index (χ4v) is 3.86. The second-order valence-corrected chi connectivity index (χ2v) is 7.30. The molecule has 27 heavy (non-hydrogen) atoms. The minimum Gasteiger partial charge on any atom is -0.377 e. The first kappa shape index (κ1) is 17.4. The number of carbonyl (C=O) groups excluding carboxylic acids is 1. The summed E-state index contributed by atoms with van der Waals surface area (Å²) in [6.45, 7) is 1.76. The third-order valence-corrected chi connectivity index (χ3v) is 5.45. The summed E-state index contributed by atoms with van der Waals surface area (Å²) in [6, 6.07) is 20.3. The molecule has 0 radical (unpaired) electrons. The van der Waals surface area contributed by atoms with Gasteiger partial charge in [-0.25, -0.2) is 9.37 Å². The molecule has 0 aliphatic rings. The van der Waals surface area contributed by atoms with E-state index in [1.165, 1.54) is 6.07 Å². The molecule has 1 aromatic heterocycles. The first-order chi connectivity index (χ1) is 13.1. The maximum atomic E-state index is 13.7. The molecule has 0 spiro atoms. The molecular formula is C22H17FN2OS.